The normalized spacial score (nSPS) is 22.2. The standard InChI is InChI=1S/C9H9ClFNO/c10-7-3-1-2-6(9(7)11)8-4-5-13-12-8/h1-3,8,12H,4-5H2/t8-/m1/s1. The molecule has 2 nitrogen and oxygen atoms in total. The Labute approximate surface area is 80.6 Å². The van der Waals surface area contributed by atoms with Crippen LogP contribution >= 0.6 is 11.6 Å². The van der Waals surface area contributed by atoms with Crippen molar-refractivity contribution in [2.24, 2.45) is 0 Å². The molecule has 1 heterocycles. The van der Waals surface area contributed by atoms with Crippen LogP contribution < -0.4 is 5.48 Å². The number of hydrogen-bond donors (Lipinski definition) is 1. The largest absolute Gasteiger partial charge is 0.301 e. The fourth-order valence-corrected chi connectivity index (χ4v) is 1.59. The highest BCUT2D eigenvalue weighted by Crippen LogP contribution is 2.27. The molecule has 0 aliphatic carbocycles. The molecule has 1 atom stereocenters. The number of nitrogens with one attached hydrogen (secondary N) is 1. The van der Waals surface area contributed by atoms with Gasteiger partial charge in [-0.15, -0.1) is 0 Å². The van der Waals surface area contributed by atoms with Gasteiger partial charge >= 0.3 is 0 Å². The van der Waals surface area contributed by atoms with E-state index in [1.165, 1.54) is 6.07 Å². The average Bonchev–Trinajstić information content (AvgIpc) is 2.62. The van der Waals surface area contributed by atoms with Gasteiger partial charge < -0.3 is 4.84 Å². The van der Waals surface area contributed by atoms with E-state index in [-0.39, 0.29) is 16.9 Å². The van der Waals surface area contributed by atoms with Crippen LogP contribution in [0.3, 0.4) is 0 Å². The molecule has 1 saturated heterocycles. The third-order valence-electron chi connectivity index (χ3n) is 2.09. The van der Waals surface area contributed by atoms with Gasteiger partial charge in [-0.2, -0.15) is 5.48 Å². The van der Waals surface area contributed by atoms with Gasteiger partial charge in [-0.25, -0.2) is 4.39 Å². The zero-order chi connectivity index (χ0) is 9.26. The maximum Gasteiger partial charge on any atom is 0.146 e. The molecule has 0 spiro atoms. The van der Waals surface area contributed by atoms with Crippen LogP contribution in [-0.2, 0) is 4.84 Å². The average molecular weight is 202 g/mol. The minimum Gasteiger partial charge on any atom is -0.301 e. The Morgan fingerprint density at radius 1 is 1.54 bits per heavy atom. The van der Waals surface area contributed by atoms with Crippen molar-refractivity contribution in [1.29, 1.82) is 0 Å². The van der Waals surface area contributed by atoms with Gasteiger partial charge in [0.2, 0.25) is 0 Å². The van der Waals surface area contributed by atoms with Crippen molar-refractivity contribution in [3.63, 3.8) is 0 Å². The second-order valence-electron chi connectivity index (χ2n) is 2.95. The lowest BCUT2D eigenvalue weighted by molar-refractivity contribution is 0.0877. The SMILES string of the molecule is Fc1c(Cl)cccc1[C@H]1CCON1. The summed E-state index contributed by atoms with van der Waals surface area (Å²) in [5.41, 5.74) is 3.32. The quantitative estimate of drug-likeness (QED) is 0.754. The molecule has 0 amide bonds. The summed E-state index contributed by atoms with van der Waals surface area (Å²) in [6.45, 7) is 0.608. The molecule has 0 bridgehead atoms. The number of hydrogen-bond acceptors (Lipinski definition) is 2. The maximum atomic E-state index is 13.4. The third-order valence-corrected chi connectivity index (χ3v) is 2.38. The molecule has 2 rings (SSSR count). The monoisotopic (exact) mass is 201 g/mol. The third kappa shape index (κ3) is 1.68. The highest BCUT2D eigenvalue weighted by atomic mass is 35.5. The second-order valence-corrected chi connectivity index (χ2v) is 3.36. The Morgan fingerprint density at radius 3 is 3.08 bits per heavy atom. The minimum absolute atomic E-state index is 0.0706. The van der Waals surface area contributed by atoms with Crippen molar-refractivity contribution >= 4 is 11.6 Å². The molecule has 4 heteroatoms. The summed E-state index contributed by atoms with van der Waals surface area (Å²) >= 11 is 5.65. The van der Waals surface area contributed by atoms with Gasteiger partial charge in [-0.1, -0.05) is 23.7 Å². The minimum atomic E-state index is -0.354. The van der Waals surface area contributed by atoms with Crippen LogP contribution in [-0.4, -0.2) is 6.61 Å². The highest BCUT2D eigenvalue weighted by Gasteiger charge is 2.21. The number of hydroxylamine groups is 1. The van der Waals surface area contributed by atoms with Gasteiger partial charge in [0.1, 0.15) is 5.82 Å². The van der Waals surface area contributed by atoms with Gasteiger partial charge in [-0.3, -0.25) is 0 Å². The van der Waals surface area contributed by atoms with E-state index < -0.39 is 0 Å². The molecule has 0 unspecified atom stereocenters. The number of rotatable bonds is 1. The van der Waals surface area contributed by atoms with E-state index in [9.17, 15) is 4.39 Å². The fourth-order valence-electron chi connectivity index (χ4n) is 1.40. The Morgan fingerprint density at radius 2 is 2.38 bits per heavy atom. The van der Waals surface area contributed by atoms with Crippen LogP contribution in [0, 0.1) is 5.82 Å². The second kappa shape index (κ2) is 3.62. The Balaban J connectivity index is 2.33. The van der Waals surface area contributed by atoms with Crippen LogP contribution in [0.15, 0.2) is 18.2 Å². The molecule has 1 aliphatic heterocycles. The first-order valence-corrected chi connectivity index (χ1v) is 4.48. The zero-order valence-electron chi connectivity index (χ0n) is 6.89. The molecule has 1 fully saturated rings. The summed E-state index contributed by atoms with van der Waals surface area (Å²) in [5.74, 6) is -0.354. The lowest BCUT2D eigenvalue weighted by atomic mass is 10.1. The molecular formula is C9H9ClFNO. The topological polar surface area (TPSA) is 21.3 Å². The smallest absolute Gasteiger partial charge is 0.146 e. The number of benzene rings is 1. The summed E-state index contributed by atoms with van der Waals surface area (Å²) in [6.07, 6.45) is 0.775. The lowest BCUT2D eigenvalue weighted by Gasteiger charge is -2.10. The van der Waals surface area contributed by atoms with E-state index in [0.717, 1.165) is 6.42 Å². The predicted octanol–water partition coefficient (Wildman–Crippen LogP) is 2.45. The molecule has 0 saturated carbocycles. The van der Waals surface area contributed by atoms with E-state index in [0.29, 0.717) is 12.2 Å². The van der Waals surface area contributed by atoms with Gasteiger partial charge in [0.25, 0.3) is 0 Å². The van der Waals surface area contributed by atoms with E-state index in [2.05, 4.69) is 5.48 Å². The molecule has 1 N–H and O–H groups in total. The fraction of sp³-hybridized carbons (Fsp3) is 0.333. The van der Waals surface area contributed by atoms with Crippen LogP contribution in [0.2, 0.25) is 5.02 Å². The van der Waals surface area contributed by atoms with Gasteiger partial charge in [0.05, 0.1) is 17.7 Å². The molecule has 1 aromatic rings. The Kier molecular flexibility index (Phi) is 2.49. The molecule has 1 aliphatic rings. The lowest BCUT2D eigenvalue weighted by Crippen LogP contribution is -2.12. The van der Waals surface area contributed by atoms with Crippen LogP contribution in [0.5, 0.6) is 0 Å². The first-order valence-electron chi connectivity index (χ1n) is 4.10. The van der Waals surface area contributed by atoms with Crippen LogP contribution in [0.4, 0.5) is 4.39 Å². The first kappa shape index (κ1) is 8.94. The summed E-state index contributed by atoms with van der Waals surface area (Å²) in [5, 5.41) is 0.159. The summed E-state index contributed by atoms with van der Waals surface area (Å²) in [4.78, 5) is 4.95. The van der Waals surface area contributed by atoms with Crippen molar-refractivity contribution in [3.8, 4) is 0 Å². The van der Waals surface area contributed by atoms with E-state index in [1.54, 1.807) is 12.1 Å². The van der Waals surface area contributed by atoms with Crippen molar-refractivity contribution in [3.05, 3.63) is 34.6 Å². The van der Waals surface area contributed by atoms with E-state index in [1.807, 2.05) is 0 Å². The van der Waals surface area contributed by atoms with Crippen molar-refractivity contribution in [1.82, 2.24) is 5.48 Å². The maximum absolute atomic E-state index is 13.4. The molecular weight excluding hydrogens is 193 g/mol. The predicted molar refractivity (Wildman–Crippen MR) is 47.9 cm³/mol. The van der Waals surface area contributed by atoms with Gasteiger partial charge in [0.15, 0.2) is 0 Å². The first-order chi connectivity index (χ1) is 6.29. The molecule has 0 radical (unpaired) electrons. The van der Waals surface area contributed by atoms with E-state index in [4.69, 9.17) is 16.4 Å². The summed E-state index contributed by atoms with van der Waals surface area (Å²) in [7, 11) is 0. The van der Waals surface area contributed by atoms with Crippen LogP contribution in [0.1, 0.15) is 18.0 Å². The number of halogens is 2. The molecule has 70 valence electrons. The van der Waals surface area contributed by atoms with Crippen molar-refractivity contribution in [2.45, 2.75) is 12.5 Å². The molecule has 1 aromatic carbocycles. The molecule has 13 heavy (non-hydrogen) atoms. The van der Waals surface area contributed by atoms with Crippen molar-refractivity contribution in [2.75, 3.05) is 6.61 Å². The van der Waals surface area contributed by atoms with Gasteiger partial charge in [-0.05, 0) is 12.5 Å². The highest BCUT2D eigenvalue weighted by molar-refractivity contribution is 6.30. The Hall–Kier alpha value is -0.640. The van der Waals surface area contributed by atoms with Gasteiger partial charge in [0, 0.05) is 5.56 Å². The van der Waals surface area contributed by atoms with Crippen LogP contribution in [0.25, 0.3) is 0 Å². The Bertz CT molecular complexity index is 312. The van der Waals surface area contributed by atoms with E-state index >= 15 is 0 Å². The summed E-state index contributed by atoms with van der Waals surface area (Å²) < 4.78 is 13.4. The van der Waals surface area contributed by atoms with Crippen molar-refractivity contribution < 1.29 is 9.23 Å². The summed E-state index contributed by atoms with van der Waals surface area (Å²) in [6, 6.07) is 4.92. The zero-order valence-corrected chi connectivity index (χ0v) is 7.64. The molecule has 0 aromatic heterocycles.